The van der Waals surface area contributed by atoms with Gasteiger partial charge in [0, 0.05) is 26.2 Å². The summed E-state index contributed by atoms with van der Waals surface area (Å²) in [4.78, 5) is 22.1. The first-order chi connectivity index (χ1) is 11.8. The largest absolute Gasteiger partial charge is 0.339 e. The van der Waals surface area contributed by atoms with Crippen LogP contribution in [0, 0.1) is 0 Å². The maximum Gasteiger partial charge on any atom is 0.241 e. The van der Waals surface area contributed by atoms with Crippen LogP contribution >= 0.6 is 11.3 Å². The van der Waals surface area contributed by atoms with Crippen LogP contribution in [0.4, 0.5) is 0 Å². The average Bonchev–Trinajstić information content (AvgIpc) is 3.36. The molecule has 2 aliphatic heterocycles. The molecule has 0 saturated carbocycles. The molecule has 0 aromatic carbocycles. The van der Waals surface area contributed by atoms with E-state index in [0.717, 1.165) is 50.4 Å². The molecule has 128 valence electrons. The Bertz CT molecular complexity index is 672. The van der Waals surface area contributed by atoms with Crippen LogP contribution in [0.1, 0.15) is 18.7 Å². The first kappa shape index (κ1) is 15.7. The Morgan fingerprint density at radius 2 is 2.25 bits per heavy atom. The van der Waals surface area contributed by atoms with Crippen molar-refractivity contribution in [3.8, 4) is 10.7 Å². The maximum atomic E-state index is 12.4. The number of aromatic nitrogens is 2. The Labute approximate surface area is 144 Å². The van der Waals surface area contributed by atoms with Crippen LogP contribution in [0.2, 0.25) is 0 Å². The molecule has 1 atom stereocenters. The van der Waals surface area contributed by atoms with Gasteiger partial charge in [0.1, 0.15) is 0 Å². The van der Waals surface area contributed by atoms with Crippen LogP contribution in [0.15, 0.2) is 22.0 Å². The highest BCUT2D eigenvalue weighted by atomic mass is 32.1. The summed E-state index contributed by atoms with van der Waals surface area (Å²) >= 11 is 1.60. The number of carbonyl (C=O) groups is 1. The number of hydrogen-bond donors (Lipinski definition) is 1. The number of thiophene rings is 1. The van der Waals surface area contributed by atoms with Crippen molar-refractivity contribution in [3.05, 3.63) is 23.4 Å². The molecular weight excluding hydrogens is 326 g/mol. The fraction of sp³-hybridized carbons (Fsp3) is 0.562. The van der Waals surface area contributed by atoms with E-state index in [9.17, 15) is 4.79 Å². The lowest BCUT2D eigenvalue weighted by molar-refractivity contribution is -0.134. The van der Waals surface area contributed by atoms with Gasteiger partial charge in [0.05, 0.1) is 17.5 Å². The fourth-order valence-corrected chi connectivity index (χ4v) is 3.91. The number of nitrogens with zero attached hydrogens (tertiary/aromatic N) is 4. The van der Waals surface area contributed by atoms with E-state index in [4.69, 9.17) is 4.52 Å². The smallest absolute Gasteiger partial charge is 0.241 e. The summed E-state index contributed by atoms with van der Waals surface area (Å²) in [5, 5.41) is 9.33. The Hall–Kier alpha value is -1.77. The molecule has 2 aliphatic rings. The van der Waals surface area contributed by atoms with Crippen molar-refractivity contribution < 1.29 is 9.32 Å². The molecule has 4 rings (SSSR count). The molecule has 1 unspecified atom stereocenters. The summed E-state index contributed by atoms with van der Waals surface area (Å²) in [5.41, 5.74) is 0. The fourth-order valence-electron chi connectivity index (χ4n) is 3.26. The second kappa shape index (κ2) is 7.00. The second-order valence-corrected chi connectivity index (χ2v) is 7.19. The van der Waals surface area contributed by atoms with Gasteiger partial charge in [0.25, 0.3) is 0 Å². The predicted octanol–water partition coefficient (Wildman–Crippen LogP) is 1.19. The molecule has 1 N–H and O–H groups in total. The van der Waals surface area contributed by atoms with Crippen molar-refractivity contribution in [1.82, 2.24) is 25.3 Å². The first-order valence-electron chi connectivity index (χ1n) is 8.40. The summed E-state index contributed by atoms with van der Waals surface area (Å²) in [6.07, 6.45) is 2.06. The van der Waals surface area contributed by atoms with Gasteiger partial charge in [0.15, 0.2) is 0 Å². The lowest BCUT2D eigenvalue weighted by Crippen LogP contribution is -2.52. The maximum absolute atomic E-state index is 12.4. The number of hydrogen-bond acceptors (Lipinski definition) is 7. The monoisotopic (exact) mass is 347 g/mol. The van der Waals surface area contributed by atoms with Crippen LogP contribution in [0.3, 0.4) is 0 Å². The van der Waals surface area contributed by atoms with Crippen LogP contribution < -0.4 is 5.32 Å². The predicted molar refractivity (Wildman–Crippen MR) is 90.5 cm³/mol. The molecule has 1 amide bonds. The molecule has 2 fully saturated rings. The summed E-state index contributed by atoms with van der Waals surface area (Å²) in [6.45, 7) is 4.82. The summed E-state index contributed by atoms with van der Waals surface area (Å²) in [6, 6.07) is 3.99. The number of carbonyl (C=O) groups excluding carboxylic acids is 1. The third-order valence-electron chi connectivity index (χ3n) is 4.61. The third kappa shape index (κ3) is 3.35. The van der Waals surface area contributed by atoms with E-state index in [0.29, 0.717) is 18.3 Å². The molecule has 7 nitrogen and oxygen atoms in total. The van der Waals surface area contributed by atoms with Crippen molar-refractivity contribution in [2.45, 2.75) is 25.4 Å². The highest BCUT2D eigenvalue weighted by Gasteiger charge is 2.29. The Kier molecular flexibility index (Phi) is 4.59. The summed E-state index contributed by atoms with van der Waals surface area (Å²) < 4.78 is 5.36. The number of amides is 1. The van der Waals surface area contributed by atoms with Crippen molar-refractivity contribution in [2.75, 3.05) is 32.7 Å². The van der Waals surface area contributed by atoms with Crippen LogP contribution in [0.25, 0.3) is 10.7 Å². The lowest BCUT2D eigenvalue weighted by Gasteiger charge is -2.35. The van der Waals surface area contributed by atoms with Crippen molar-refractivity contribution in [2.24, 2.45) is 0 Å². The van der Waals surface area contributed by atoms with Crippen molar-refractivity contribution in [3.63, 3.8) is 0 Å². The molecule has 0 aliphatic carbocycles. The highest BCUT2D eigenvalue weighted by Crippen LogP contribution is 2.21. The second-order valence-electron chi connectivity index (χ2n) is 6.24. The van der Waals surface area contributed by atoms with Gasteiger partial charge in [0.2, 0.25) is 17.6 Å². The summed E-state index contributed by atoms with van der Waals surface area (Å²) in [7, 11) is 0. The van der Waals surface area contributed by atoms with Gasteiger partial charge in [-0.15, -0.1) is 11.3 Å². The van der Waals surface area contributed by atoms with Gasteiger partial charge in [-0.3, -0.25) is 9.69 Å². The highest BCUT2D eigenvalue weighted by molar-refractivity contribution is 7.13. The van der Waals surface area contributed by atoms with Gasteiger partial charge < -0.3 is 14.7 Å². The van der Waals surface area contributed by atoms with Crippen LogP contribution in [-0.2, 0) is 11.3 Å². The topological polar surface area (TPSA) is 74.5 Å². The molecule has 2 aromatic heterocycles. The standard InChI is InChI=1S/C16H21N5O2S/c22-16(12-3-1-5-17-12)21-8-6-20(7-9-21)11-14-18-15(19-23-14)13-4-2-10-24-13/h2,4,10,12,17H,1,3,5-9,11H2. The van der Waals surface area contributed by atoms with Crippen molar-refractivity contribution >= 4 is 17.2 Å². The Balaban J connectivity index is 1.29. The molecule has 24 heavy (non-hydrogen) atoms. The normalized spacial score (nSPS) is 22.2. The Morgan fingerprint density at radius 3 is 2.96 bits per heavy atom. The number of nitrogens with one attached hydrogen (secondary N) is 1. The quantitative estimate of drug-likeness (QED) is 0.896. The van der Waals surface area contributed by atoms with Gasteiger partial charge in [-0.1, -0.05) is 11.2 Å². The molecule has 2 aromatic rings. The molecule has 4 heterocycles. The van der Waals surface area contributed by atoms with Gasteiger partial charge in [-0.25, -0.2) is 0 Å². The van der Waals surface area contributed by atoms with Crippen LogP contribution in [-0.4, -0.2) is 64.6 Å². The third-order valence-corrected chi connectivity index (χ3v) is 5.48. The zero-order valence-corrected chi connectivity index (χ0v) is 14.3. The average molecular weight is 347 g/mol. The zero-order valence-electron chi connectivity index (χ0n) is 13.5. The van der Waals surface area contributed by atoms with Gasteiger partial charge in [-0.2, -0.15) is 4.98 Å². The molecule has 0 radical (unpaired) electrons. The number of rotatable bonds is 4. The minimum atomic E-state index is 0.0286. The molecule has 0 spiro atoms. The van der Waals surface area contributed by atoms with E-state index in [1.165, 1.54) is 0 Å². The molecule has 2 saturated heterocycles. The van der Waals surface area contributed by atoms with Gasteiger partial charge >= 0.3 is 0 Å². The summed E-state index contributed by atoms with van der Waals surface area (Å²) in [5.74, 6) is 1.54. The number of piperazine rings is 1. The molecule has 0 bridgehead atoms. The van der Waals surface area contributed by atoms with E-state index in [-0.39, 0.29) is 11.9 Å². The SMILES string of the molecule is O=C(C1CCCN1)N1CCN(Cc2nc(-c3cccs3)no2)CC1. The Morgan fingerprint density at radius 1 is 1.38 bits per heavy atom. The van der Waals surface area contributed by atoms with E-state index >= 15 is 0 Å². The van der Waals surface area contributed by atoms with E-state index in [1.807, 2.05) is 22.4 Å². The van der Waals surface area contributed by atoms with Crippen LogP contribution in [0.5, 0.6) is 0 Å². The van der Waals surface area contributed by atoms with E-state index < -0.39 is 0 Å². The van der Waals surface area contributed by atoms with E-state index in [1.54, 1.807) is 11.3 Å². The first-order valence-corrected chi connectivity index (χ1v) is 9.28. The van der Waals surface area contributed by atoms with Crippen molar-refractivity contribution in [1.29, 1.82) is 0 Å². The lowest BCUT2D eigenvalue weighted by atomic mass is 10.2. The molecule has 8 heteroatoms. The van der Waals surface area contributed by atoms with Gasteiger partial charge in [-0.05, 0) is 30.8 Å². The van der Waals surface area contributed by atoms with E-state index in [2.05, 4.69) is 20.4 Å². The minimum Gasteiger partial charge on any atom is -0.339 e. The zero-order chi connectivity index (χ0) is 16.4. The molecular formula is C16H21N5O2S. The minimum absolute atomic E-state index is 0.0286.